The van der Waals surface area contributed by atoms with Gasteiger partial charge in [-0.3, -0.25) is 0 Å². The van der Waals surface area contributed by atoms with E-state index in [4.69, 9.17) is 0 Å². The fourth-order valence-electron chi connectivity index (χ4n) is 2.93. The second kappa shape index (κ2) is 5.70. The molecule has 1 atom stereocenters. The summed E-state index contributed by atoms with van der Waals surface area (Å²) in [5.41, 5.74) is 3.75. The highest BCUT2D eigenvalue weighted by Gasteiger charge is 2.21. The molecule has 1 aliphatic heterocycles. The Morgan fingerprint density at radius 1 is 1.50 bits per heavy atom. The average Bonchev–Trinajstić information content (AvgIpc) is 2.63. The van der Waals surface area contributed by atoms with Crippen molar-refractivity contribution in [1.29, 1.82) is 0 Å². The molecule has 2 N–H and O–H groups in total. The van der Waals surface area contributed by atoms with E-state index in [0.29, 0.717) is 6.42 Å². The molecule has 0 amide bonds. The van der Waals surface area contributed by atoms with Crippen LogP contribution in [0.1, 0.15) is 37.1 Å². The van der Waals surface area contributed by atoms with E-state index in [1.165, 1.54) is 23.6 Å². The van der Waals surface area contributed by atoms with Crippen LogP contribution in [0.2, 0.25) is 0 Å². The molecular weight excluding hydrogens is 319 g/mol. The maximum Gasteiger partial charge on any atom is 0.0929 e. The van der Waals surface area contributed by atoms with Crippen LogP contribution in [0.25, 0.3) is 10.9 Å². The van der Waals surface area contributed by atoms with Gasteiger partial charge in [0.1, 0.15) is 0 Å². The van der Waals surface area contributed by atoms with Gasteiger partial charge in [-0.15, -0.1) is 0 Å². The Labute approximate surface area is 126 Å². The number of aryl methyl sites for hydroxylation is 1. The van der Waals surface area contributed by atoms with E-state index in [2.05, 4.69) is 38.4 Å². The summed E-state index contributed by atoms with van der Waals surface area (Å²) in [5.74, 6) is -0.114. The number of H-pyrrole nitrogens is 1. The van der Waals surface area contributed by atoms with Gasteiger partial charge in [-0.05, 0) is 56.5 Å². The number of aromatic nitrogens is 1. The predicted octanol–water partition coefficient (Wildman–Crippen LogP) is 4.77. The number of aromatic amines is 1. The summed E-state index contributed by atoms with van der Waals surface area (Å²) in [4.78, 5) is 3.52. The maximum atomic E-state index is 13.0. The second-order valence-corrected chi connectivity index (χ2v) is 6.26. The molecule has 0 bridgehead atoms. The Balaban J connectivity index is 2.06. The molecule has 0 aliphatic carbocycles. The van der Waals surface area contributed by atoms with Gasteiger partial charge >= 0.3 is 0 Å². The van der Waals surface area contributed by atoms with Crippen molar-refractivity contribution in [2.75, 3.05) is 6.54 Å². The Hall–Kier alpha value is -1.13. The molecular formula is C16H18BrFN2. The highest BCUT2D eigenvalue weighted by atomic mass is 79.9. The SMILES string of the molecule is C/C(F)=C\CC1NCCCc2c1[nH]c1ccc(Br)cc21. The van der Waals surface area contributed by atoms with Gasteiger partial charge in [-0.1, -0.05) is 22.0 Å². The molecule has 0 spiro atoms. The van der Waals surface area contributed by atoms with Crippen molar-refractivity contribution in [3.63, 3.8) is 0 Å². The van der Waals surface area contributed by atoms with E-state index < -0.39 is 0 Å². The molecule has 106 valence electrons. The Morgan fingerprint density at radius 2 is 2.35 bits per heavy atom. The number of nitrogens with one attached hydrogen (secondary N) is 2. The largest absolute Gasteiger partial charge is 0.357 e. The monoisotopic (exact) mass is 336 g/mol. The number of halogens is 2. The van der Waals surface area contributed by atoms with Gasteiger partial charge in [0, 0.05) is 21.1 Å². The third-order valence-corrected chi connectivity index (χ3v) is 4.37. The first-order valence-electron chi connectivity index (χ1n) is 7.01. The lowest BCUT2D eigenvalue weighted by atomic mass is 10.0. The molecule has 20 heavy (non-hydrogen) atoms. The summed E-state index contributed by atoms with van der Waals surface area (Å²) in [5, 5.41) is 4.80. The molecule has 1 unspecified atom stereocenters. The minimum atomic E-state index is -0.114. The standard InChI is InChI=1S/C16H18BrFN2/c1-10(18)4-6-15-16-12(3-2-8-19-15)13-9-11(17)5-7-14(13)20-16/h4-5,7,9,15,19-20H,2-3,6,8H2,1H3/b10-4+. The van der Waals surface area contributed by atoms with E-state index in [-0.39, 0.29) is 11.9 Å². The number of hydrogen-bond acceptors (Lipinski definition) is 1. The van der Waals surface area contributed by atoms with Crippen LogP contribution >= 0.6 is 15.9 Å². The zero-order valence-corrected chi connectivity index (χ0v) is 13.1. The summed E-state index contributed by atoms with van der Waals surface area (Å²) >= 11 is 3.54. The van der Waals surface area contributed by atoms with E-state index in [1.807, 2.05) is 6.07 Å². The fourth-order valence-corrected chi connectivity index (χ4v) is 3.29. The summed E-state index contributed by atoms with van der Waals surface area (Å²) in [7, 11) is 0. The third kappa shape index (κ3) is 2.67. The second-order valence-electron chi connectivity index (χ2n) is 5.34. The predicted molar refractivity (Wildman–Crippen MR) is 84.5 cm³/mol. The third-order valence-electron chi connectivity index (χ3n) is 3.88. The van der Waals surface area contributed by atoms with E-state index in [1.54, 1.807) is 6.08 Å². The lowest BCUT2D eigenvalue weighted by molar-refractivity contribution is 0.530. The fraction of sp³-hybridized carbons (Fsp3) is 0.375. The number of hydrogen-bond donors (Lipinski definition) is 2. The summed E-state index contributed by atoms with van der Waals surface area (Å²) < 4.78 is 14.1. The van der Waals surface area contributed by atoms with E-state index in [0.717, 1.165) is 29.4 Å². The van der Waals surface area contributed by atoms with Crippen LogP contribution < -0.4 is 5.32 Å². The molecule has 0 saturated carbocycles. The molecule has 3 rings (SSSR count). The van der Waals surface area contributed by atoms with Crippen LogP contribution in [-0.2, 0) is 6.42 Å². The molecule has 0 fully saturated rings. The van der Waals surface area contributed by atoms with Gasteiger partial charge in [0.25, 0.3) is 0 Å². The van der Waals surface area contributed by atoms with Crippen LogP contribution in [0.15, 0.2) is 34.6 Å². The van der Waals surface area contributed by atoms with Crippen molar-refractivity contribution in [2.45, 2.75) is 32.2 Å². The molecule has 4 heteroatoms. The van der Waals surface area contributed by atoms with E-state index >= 15 is 0 Å². The first kappa shape index (κ1) is 13.8. The quantitative estimate of drug-likeness (QED) is 0.812. The highest BCUT2D eigenvalue weighted by Crippen LogP contribution is 2.33. The first-order valence-corrected chi connectivity index (χ1v) is 7.80. The van der Waals surface area contributed by atoms with Crippen LogP contribution in [0, 0.1) is 0 Å². The smallest absolute Gasteiger partial charge is 0.0929 e. The number of allylic oxidation sites excluding steroid dienone is 1. The summed E-state index contributed by atoms with van der Waals surface area (Å²) in [6, 6.07) is 6.49. The lowest BCUT2D eigenvalue weighted by Crippen LogP contribution is -2.20. The van der Waals surface area contributed by atoms with E-state index in [9.17, 15) is 4.39 Å². The van der Waals surface area contributed by atoms with Crippen LogP contribution in [0.5, 0.6) is 0 Å². The highest BCUT2D eigenvalue weighted by molar-refractivity contribution is 9.10. The normalized spacial score (nSPS) is 19.9. The van der Waals surface area contributed by atoms with Gasteiger partial charge < -0.3 is 10.3 Å². The molecule has 0 saturated heterocycles. The minimum absolute atomic E-state index is 0.114. The Bertz CT molecular complexity index is 656. The summed E-state index contributed by atoms with van der Waals surface area (Å²) in [6.45, 7) is 2.47. The van der Waals surface area contributed by atoms with Crippen molar-refractivity contribution in [2.24, 2.45) is 0 Å². The average molecular weight is 337 g/mol. The van der Waals surface area contributed by atoms with Crippen LogP contribution in [0.3, 0.4) is 0 Å². The maximum absolute atomic E-state index is 13.0. The minimum Gasteiger partial charge on any atom is -0.357 e. The van der Waals surface area contributed by atoms with Crippen LogP contribution in [-0.4, -0.2) is 11.5 Å². The molecule has 1 aromatic carbocycles. The first-order chi connectivity index (χ1) is 9.65. The Kier molecular flexibility index (Phi) is 3.94. The molecule has 1 aromatic heterocycles. The number of benzene rings is 1. The molecule has 2 aromatic rings. The summed E-state index contributed by atoms with van der Waals surface area (Å²) in [6.07, 6.45) is 4.52. The van der Waals surface area contributed by atoms with Crippen LogP contribution in [0.4, 0.5) is 4.39 Å². The molecule has 2 nitrogen and oxygen atoms in total. The van der Waals surface area contributed by atoms with Gasteiger partial charge in [-0.25, -0.2) is 4.39 Å². The molecule has 0 radical (unpaired) electrons. The van der Waals surface area contributed by atoms with Crippen molar-refractivity contribution in [3.05, 3.63) is 45.8 Å². The topological polar surface area (TPSA) is 27.8 Å². The zero-order valence-electron chi connectivity index (χ0n) is 11.5. The molecule has 2 heterocycles. The van der Waals surface area contributed by atoms with Crippen molar-refractivity contribution >= 4 is 26.8 Å². The van der Waals surface area contributed by atoms with Crippen molar-refractivity contribution < 1.29 is 4.39 Å². The van der Waals surface area contributed by atoms with Crippen molar-refractivity contribution in [1.82, 2.24) is 10.3 Å². The zero-order chi connectivity index (χ0) is 14.1. The van der Waals surface area contributed by atoms with Gasteiger partial charge in [0.05, 0.1) is 11.9 Å². The number of fused-ring (bicyclic) bond motifs is 3. The van der Waals surface area contributed by atoms with Gasteiger partial charge in [0.2, 0.25) is 0 Å². The number of rotatable bonds is 2. The van der Waals surface area contributed by atoms with Crippen molar-refractivity contribution in [3.8, 4) is 0 Å². The Morgan fingerprint density at radius 3 is 3.15 bits per heavy atom. The molecule has 1 aliphatic rings. The lowest BCUT2D eigenvalue weighted by Gasteiger charge is -2.14. The van der Waals surface area contributed by atoms with Gasteiger partial charge in [-0.2, -0.15) is 0 Å². The van der Waals surface area contributed by atoms with Gasteiger partial charge in [0.15, 0.2) is 0 Å².